The van der Waals surface area contributed by atoms with Crippen molar-refractivity contribution in [2.24, 2.45) is 5.73 Å². The Kier molecular flexibility index (Phi) is 7.05. The van der Waals surface area contributed by atoms with Crippen LogP contribution in [0.25, 0.3) is 0 Å². The van der Waals surface area contributed by atoms with Crippen molar-refractivity contribution in [2.75, 3.05) is 14.2 Å². The number of carbonyl (C=O) groups is 2. The van der Waals surface area contributed by atoms with Gasteiger partial charge in [-0.25, -0.2) is 9.59 Å². The van der Waals surface area contributed by atoms with Crippen LogP contribution in [-0.4, -0.2) is 43.0 Å². The summed E-state index contributed by atoms with van der Waals surface area (Å²) in [5.41, 5.74) is 6.04. The normalized spacial score (nSPS) is 13.5. The van der Waals surface area contributed by atoms with Gasteiger partial charge in [0.15, 0.2) is 11.5 Å². The highest BCUT2D eigenvalue weighted by atomic mass is 16.6. The highest BCUT2D eigenvalue weighted by molar-refractivity contribution is 5.80. The van der Waals surface area contributed by atoms with Crippen LogP contribution in [-0.2, 0) is 9.53 Å². The first-order chi connectivity index (χ1) is 11.6. The molecule has 1 aromatic rings. The van der Waals surface area contributed by atoms with Gasteiger partial charge in [0.2, 0.25) is 0 Å². The van der Waals surface area contributed by atoms with Crippen molar-refractivity contribution >= 4 is 12.1 Å². The molecule has 1 aromatic carbocycles. The van der Waals surface area contributed by atoms with Crippen LogP contribution in [0.5, 0.6) is 11.5 Å². The first-order valence-corrected chi connectivity index (χ1v) is 7.77. The van der Waals surface area contributed by atoms with E-state index in [0.29, 0.717) is 17.1 Å². The highest BCUT2D eigenvalue weighted by Crippen LogP contribution is 2.30. The molecule has 0 aromatic heterocycles. The molecule has 8 nitrogen and oxygen atoms in total. The van der Waals surface area contributed by atoms with E-state index in [1.165, 1.54) is 14.2 Å². The van der Waals surface area contributed by atoms with Crippen molar-refractivity contribution in [3.8, 4) is 11.5 Å². The van der Waals surface area contributed by atoms with Crippen molar-refractivity contribution in [3.63, 3.8) is 0 Å². The molecule has 0 aliphatic rings. The van der Waals surface area contributed by atoms with Gasteiger partial charge in [0.25, 0.3) is 0 Å². The van der Waals surface area contributed by atoms with E-state index in [1.54, 1.807) is 39.0 Å². The van der Waals surface area contributed by atoms with Crippen LogP contribution in [0.15, 0.2) is 18.2 Å². The minimum absolute atomic E-state index is 0.00986. The van der Waals surface area contributed by atoms with Crippen LogP contribution >= 0.6 is 0 Å². The second-order valence-electron chi connectivity index (χ2n) is 6.49. The van der Waals surface area contributed by atoms with E-state index >= 15 is 0 Å². The predicted octanol–water partition coefficient (Wildman–Crippen LogP) is 2.07. The Bertz CT molecular complexity index is 612. The van der Waals surface area contributed by atoms with Gasteiger partial charge >= 0.3 is 12.1 Å². The monoisotopic (exact) mass is 354 g/mol. The molecule has 0 aliphatic heterocycles. The largest absolute Gasteiger partial charge is 0.493 e. The van der Waals surface area contributed by atoms with E-state index < -0.39 is 29.7 Å². The summed E-state index contributed by atoms with van der Waals surface area (Å²) in [7, 11) is 3.01. The highest BCUT2D eigenvalue weighted by Gasteiger charge is 2.26. The molecular formula is C17H26N2O6. The number of aliphatic carboxylic acids is 1. The maximum atomic E-state index is 11.8. The number of carboxylic acids is 1. The van der Waals surface area contributed by atoms with Gasteiger partial charge in [-0.1, -0.05) is 6.07 Å². The average molecular weight is 354 g/mol. The van der Waals surface area contributed by atoms with Gasteiger partial charge in [-0.2, -0.15) is 0 Å². The molecule has 0 heterocycles. The topological polar surface area (TPSA) is 120 Å². The molecule has 140 valence electrons. The van der Waals surface area contributed by atoms with E-state index in [9.17, 15) is 14.7 Å². The van der Waals surface area contributed by atoms with E-state index in [-0.39, 0.29) is 6.42 Å². The maximum absolute atomic E-state index is 11.8. The first kappa shape index (κ1) is 20.6. The molecule has 0 radical (unpaired) electrons. The fraction of sp³-hybridized carbons (Fsp3) is 0.529. The minimum atomic E-state index is -1.19. The van der Waals surface area contributed by atoms with Gasteiger partial charge in [0, 0.05) is 6.04 Å². The molecule has 4 N–H and O–H groups in total. The quantitative estimate of drug-likeness (QED) is 0.685. The number of carbonyl (C=O) groups excluding carboxylic acids is 1. The van der Waals surface area contributed by atoms with E-state index in [2.05, 4.69) is 5.32 Å². The van der Waals surface area contributed by atoms with Crippen LogP contribution < -0.4 is 20.5 Å². The van der Waals surface area contributed by atoms with Crippen LogP contribution in [0.1, 0.15) is 38.8 Å². The number of nitrogens with one attached hydrogen (secondary N) is 1. The second-order valence-corrected chi connectivity index (χ2v) is 6.49. The number of rotatable bonds is 7. The Morgan fingerprint density at radius 2 is 1.80 bits per heavy atom. The summed E-state index contributed by atoms with van der Waals surface area (Å²) in [6.07, 6.45) is -0.816. The lowest BCUT2D eigenvalue weighted by Crippen LogP contribution is -2.44. The Hall–Kier alpha value is -2.48. The fourth-order valence-electron chi connectivity index (χ4n) is 2.14. The summed E-state index contributed by atoms with van der Waals surface area (Å²) < 4.78 is 15.4. The van der Waals surface area contributed by atoms with Crippen LogP contribution in [0.3, 0.4) is 0 Å². The SMILES string of the molecule is COc1ccc([C@H](N)C[C@@H](NC(=O)OC(C)(C)C)C(=O)O)cc1OC. The van der Waals surface area contributed by atoms with Crippen LogP contribution in [0.2, 0.25) is 0 Å². The Morgan fingerprint density at radius 3 is 2.28 bits per heavy atom. The molecular weight excluding hydrogens is 328 g/mol. The Labute approximate surface area is 147 Å². The smallest absolute Gasteiger partial charge is 0.408 e. The summed E-state index contributed by atoms with van der Waals surface area (Å²) in [5.74, 6) is -0.163. The number of amides is 1. The zero-order valence-corrected chi connectivity index (χ0v) is 15.2. The molecule has 2 atom stereocenters. The third kappa shape index (κ3) is 6.50. The number of carboxylic acid groups (broad SMARTS) is 1. The summed E-state index contributed by atoms with van der Waals surface area (Å²) in [6.45, 7) is 5.08. The van der Waals surface area contributed by atoms with Crippen LogP contribution in [0.4, 0.5) is 4.79 Å². The molecule has 1 rings (SSSR count). The van der Waals surface area contributed by atoms with Crippen LogP contribution in [0, 0.1) is 0 Å². The van der Waals surface area contributed by atoms with Crippen molar-refractivity contribution in [2.45, 2.75) is 44.9 Å². The van der Waals surface area contributed by atoms with Gasteiger partial charge in [-0.3, -0.25) is 0 Å². The molecule has 1 amide bonds. The van der Waals surface area contributed by atoms with E-state index in [0.717, 1.165) is 0 Å². The lowest BCUT2D eigenvalue weighted by molar-refractivity contribution is -0.139. The second kappa shape index (κ2) is 8.57. The van der Waals surface area contributed by atoms with Gasteiger partial charge in [0.1, 0.15) is 11.6 Å². The zero-order chi connectivity index (χ0) is 19.2. The predicted molar refractivity (Wildman–Crippen MR) is 91.9 cm³/mol. The van der Waals surface area contributed by atoms with Crippen molar-refractivity contribution in [1.82, 2.24) is 5.32 Å². The Morgan fingerprint density at radius 1 is 1.20 bits per heavy atom. The molecule has 0 bridgehead atoms. The van der Waals surface area contributed by atoms with Crippen molar-refractivity contribution in [3.05, 3.63) is 23.8 Å². The van der Waals surface area contributed by atoms with Crippen molar-refractivity contribution in [1.29, 1.82) is 0 Å². The average Bonchev–Trinajstić information content (AvgIpc) is 2.51. The number of methoxy groups -OCH3 is 2. The fourth-order valence-corrected chi connectivity index (χ4v) is 2.14. The number of hydrogen-bond acceptors (Lipinski definition) is 6. The van der Waals surface area contributed by atoms with Gasteiger partial charge in [0.05, 0.1) is 14.2 Å². The minimum Gasteiger partial charge on any atom is -0.493 e. The molecule has 0 saturated carbocycles. The molecule has 0 spiro atoms. The summed E-state index contributed by atoms with van der Waals surface area (Å²) in [4.78, 5) is 23.2. The number of nitrogens with two attached hydrogens (primary N) is 1. The lowest BCUT2D eigenvalue weighted by Gasteiger charge is -2.23. The summed E-state index contributed by atoms with van der Waals surface area (Å²) in [5, 5.41) is 11.7. The number of hydrogen-bond donors (Lipinski definition) is 3. The van der Waals surface area contributed by atoms with Gasteiger partial charge < -0.3 is 30.4 Å². The molecule has 0 aliphatic carbocycles. The van der Waals surface area contributed by atoms with E-state index in [1.807, 2.05) is 0 Å². The first-order valence-electron chi connectivity index (χ1n) is 7.77. The summed E-state index contributed by atoms with van der Waals surface area (Å²) >= 11 is 0. The third-order valence-electron chi connectivity index (χ3n) is 3.31. The third-order valence-corrected chi connectivity index (χ3v) is 3.31. The number of alkyl carbamates (subject to hydrolysis) is 1. The Balaban J connectivity index is 2.84. The zero-order valence-electron chi connectivity index (χ0n) is 15.2. The number of benzene rings is 1. The molecule has 0 unspecified atom stereocenters. The van der Waals surface area contributed by atoms with Crippen molar-refractivity contribution < 1.29 is 28.9 Å². The standard InChI is InChI=1S/C17H26N2O6/c1-17(2,3)25-16(22)19-12(15(20)21)9-11(18)10-6-7-13(23-4)14(8-10)24-5/h6-8,11-12H,9,18H2,1-5H3,(H,19,22)(H,20,21)/t11-,12-/m1/s1. The molecule has 25 heavy (non-hydrogen) atoms. The molecule has 0 fully saturated rings. The van der Waals surface area contributed by atoms with Gasteiger partial charge in [-0.05, 0) is 44.9 Å². The molecule has 0 saturated heterocycles. The van der Waals surface area contributed by atoms with E-state index in [4.69, 9.17) is 19.9 Å². The molecule has 8 heteroatoms. The maximum Gasteiger partial charge on any atom is 0.408 e. The lowest BCUT2D eigenvalue weighted by atomic mass is 9.99. The van der Waals surface area contributed by atoms with Gasteiger partial charge in [-0.15, -0.1) is 0 Å². The number of ether oxygens (including phenoxy) is 3. The summed E-state index contributed by atoms with van der Waals surface area (Å²) in [6, 6.07) is 3.27.